The van der Waals surface area contributed by atoms with Crippen molar-refractivity contribution in [2.75, 3.05) is 0 Å². The lowest BCUT2D eigenvalue weighted by Gasteiger charge is -2.01. The van der Waals surface area contributed by atoms with Crippen LogP contribution in [0.2, 0.25) is 0 Å². The molecule has 0 saturated carbocycles. The minimum atomic E-state index is 0.583. The molecule has 0 spiro atoms. The van der Waals surface area contributed by atoms with Crippen LogP contribution < -0.4 is 0 Å². The van der Waals surface area contributed by atoms with Gasteiger partial charge in [0.1, 0.15) is 0 Å². The summed E-state index contributed by atoms with van der Waals surface area (Å²) in [6.45, 7) is 0. The summed E-state index contributed by atoms with van der Waals surface area (Å²) in [6, 6.07) is 28.4. The van der Waals surface area contributed by atoms with Crippen LogP contribution >= 0.6 is 0 Å². The SMILES string of the molecule is C(=N\c1cccc(-c2ccccn2)n1)/c1cccc(/C=N/c2cccc(-c3ccccn3)n2)n1. The Morgan fingerprint density at radius 2 is 0.912 bits per heavy atom. The zero-order chi connectivity index (χ0) is 23.0. The molecule has 0 radical (unpaired) electrons. The van der Waals surface area contributed by atoms with Crippen LogP contribution in [-0.2, 0) is 0 Å². The van der Waals surface area contributed by atoms with E-state index >= 15 is 0 Å². The zero-order valence-corrected chi connectivity index (χ0v) is 18.1. The average Bonchev–Trinajstić information content (AvgIpc) is 2.92. The highest BCUT2D eigenvalue weighted by molar-refractivity contribution is 5.83. The standard InChI is InChI=1S/C27H19N7/c1-3-16-28-22(10-1)24-12-6-14-26(33-24)30-18-20-8-5-9-21(32-20)19-31-27-15-7-13-25(34-27)23-11-2-4-17-29-23/h1-19H/b30-18+,31-19+. The van der Waals surface area contributed by atoms with Gasteiger partial charge in [0.05, 0.1) is 46.6 Å². The number of rotatable bonds is 6. The summed E-state index contributed by atoms with van der Waals surface area (Å²) in [7, 11) is 0. The molecule has 5 aromatic rings. The molecule has 0 amide bonds. The van der Waals surface area contributed by atoms with E-state index in [1.807, 2.05) is 91.0 Å². The van der Waals surface area contributed by atoms with Crippen molar-refractivity contribution < 1.29 is 0 Å². The molecule has 7 nitrogen and oxygen atoms in total. The topological polar surface area (TPSA) is 89.2 Å². The highest BCUT2D eigenvalue weighted by Gasteiger charge is 2.02. The fourth-order valence-corrected chi connectivity index (χ4v) is 3.18. The second-order valence-electron chi connectivity index (χ2n) is 7.20. The molecule has 0 unspecified atom stereocenters. The van der Waals surface area contributed by atoms with Gasteiger partial charge in [-0.2, -0.15) is 0 Å². The van der Waals surface area contributed by atoms with Gasteiger partial charge in [0.25, 0.3) is 0 Å². The summed E-state index contributed by atoms with van der Waals surface area (Å²) in [5.74, 6) is 1.17. The molecule has 0 fully saturated rings. The van der Waals surface area contributed by atoms with Crippen molar-refractivity contribution in [1.82, 2.24) is 24.9 Å². The molecular formula is C27H19N7. The Balaban J connectivity index is 1.32. The highest BCUT2D eigenvalue weighted by atomic mass is 14.9. The number of aromatic nitrogens is 5. The molecule has 7 heteroatoms. The largest absolute Gasteiger partial charge is 0.255 e. The van der Waals surface area contributed by atoms with Crippen LogP contribution in [0.1, 0.15) is 11.4 Å². The maximum absolute atomic E-state index is 4.59. The Morgan fingerprint density at radius 3 is 1.38 bits per heavy atom. The van der Waals surface area contributed by atoms with E-state index in [1.165, 1.54) is 0 Å². The van der Waals surface area contributed by atoms with Gasteiger partial charge in [0, 0.05) is 12.4 Å². The van der Waals surface area contributed by atoms with E-state index in [1.54, 1.807) is 24.8 Å². The third kappa shape index (κ3) is 5.28. The van der Waals surface area contributed by atoms with Crippen molar-refractivity contribution >= 4 is 24.1 Å². The van der Waals surface area contributed by atoms with Crippen LogP contribution in [0.25, 0.3) is 22.8 Å². The molecule has 0 saturated heterocycles. The second kappa shape index (κ2) is 10.1. The number of hydrogen-bond acceptors (Lipinski definition) is 7. The van der Waals surface area contributed by atoms with Crippen LogP contribution in [0.15, 0.2) is 113 Å². The van der Waals surface area contributed by atoms with Crippen molar-refractivity contribution in [1.29, 1.82) is 0 Å². The Kier molecular flexibility index (Phi) is 6.25. The maximum atomic E-state index is 4.59. The monoisotopic (exact) mass is 441 g/mol. The molecular weight excluding hydrogens is 422 g/mol. The minimum absolute atomic E-state index is 0.583. The summed E-state index contributed by atoms with van der Waals surface area (Å²) in [5.41, 5.74) is 4.54. The minimum Gasteiger partial charge on any atom is -0.255 e. The molecule has 34 heavy (non-hydrogen) atoms. The Morgan fingerprint density at radius 1 is 0.441 bits per heavy atom. The van der Waals surface area contributed by atoms with Crippen LogP contribution in [0, 0.1) is 0 Å². The number of aliphatic imine (C=N–C) groups is 2. The molecule has 0 aliphatic heterocycles. The smallest absolute Gasteiger partial charge is 0.152 e. The van der Waals surface area contributed by atoms with E-state index in [0.29, 0.717) is 23.0 Å². The van der Waals surface area contributed by atoms with Crippen LogP contribution in [-0.4, -0.2) is 37.3 Å². The first-order chi connectivity index (χ1) is 16.8. The molecule has 5 rings (SSSR count). The van der Waals surface area contributed by atoms with Crippen molar-refractivity contribution in [3.05, 3.63) is 115 Å². The molecule has 0 aromatic carbocycles. The molecule has 5 aromatic heterocycles. The van der Waals surface area contributed by atoms with Gasteiger partial charge in [-0.05, 0) is 60.7 Å². The lowest BCUT2D eigenvalue weighted by molar-refractivity contribution is 1.22. The first-order valence-electron chi connectivity index (χ1n) is 10.7. The maximum Gasteiger partial charge on any atom is 0.152 e. The predicted molar refractivity (Wildman–Crippen MR) is 134 cm³/mol. The van der Waals surface area contributed by atoms with Crippen LogP contribution in [0.3, 0.4) is 0 Å². The summed E-state index contributed by atoms with van der Waals surface area (Å²) >= 11 is 0. The first kappa shape index (κ1) is 21.0. The summed E-state index contributed by atoms with van der Waals surface area (Å²) in [4.78, 5) is 31.3. The molecule has 0 bridgehead atoms. The quantitative estimate of drug-likeness (QED) is 0.325. The molecule has 0 atom stereocenters. The lowest BCUT2D eigenvalue weighted by atomic mass is 10.2. The van der Waals surface area contributed by atoms with Gasteiger partial charge < -0.3 is 0 Å². The molecule has 0 aliphatic carbocycles. The number of pyridine rings is 5. The molecule has 162 valence electrons. The molecule has 5 heterocycles. The van der Waals surface area contributed by atoms with E-state index in [-0.39, 0.29) is 0 Å². The fourth-order valence-electron chi connectivity index (χ4n) is 3.18. The Labute approximate surface area is 196 Å². The predicted octanol–water partition coefficient (Wildman–Crippen LogP) is 5.50. The van der Waals surface area contributed by atoms with Gasteiger partial charge in [-0.1, -0.05) is 30.3 Å². The lowest BCUT2D eigenvalue weighted by Crippen LogP contribution is -1.93. The van der Waals surface area contributed by atoms with Crippen molar-refractivity contribution in [2.45, 2.75) is 0 Å². The zero-order valence-electron chi connectivity index (χ0n) is 18.1. The van der Waals surface area contributed by atoms with Gasteiger partial charge >= 0.3 is 0 Å². The van der Waals surface area contributed by atoms with Crippen molar-refractivity contribution in [2.24, 2.45) is 9.98 Å². The second-order valence-corrected chi connectivity index (χ2v) is 7.20. The average molecular weight is 441 g/mol. The first-order valence-corrected chi connectivity index (χ1v) is 10.7. The van der Waals surface area contributed by atoms with Gasteiger partial charge in [-0.3, -0.25) is 9.97 Å². The van der Waals surface area contributed by atoms with Gasteiger partial charge in [0.15, 0.2) is 11.6 Å². The number of nitrogens with zero attached hydrogens (tertiary/aromatic N) is 7. The molecule has 0 aliphatic rings. The normalized spacial score (nSPS) is 11.3. The van der Waals surface area contributed by atoms with Crippen molar-refractivity contribution in [3.63, 3.8) is 0 Å². The van der Waals surface area contributed by atoms with E-state index in [4.69, 9.17) is 0 Å². The Hall–Kier alpha value is -4.91. The van der Waals surface area contributed by atoms with Crippen LogP contribution in [0.4, 0.5) is 11.6 Å². The van der Waals surface area contributed by atoms with Crippen molar-refractivity contribution in [3.8, 4) is 22.8 Å². The van der Waals surface area contributed by atoms with E-state index in [2.05, 4.69) is 34.9 Å². The molecule has 0 N–H and O–H groups in total. The van der Waals surface area contributed by atoms with Gasteiger partial charge in [0.2, 0.25) is 0 Å². The summed E-state index contributed by atoms with van der Waals surface area (Å²) in [5, 5.41) is 0. The third-order valence-corrected chi connectivity index (χ3v) is 4.77. The Bertz CT molecular complexity index is 1340. The van der Waals surface area contributed by atoms with Gasteiger partial charge in [-0.15, -0.1) is 0 Å². The highest BCUT2D eigenvalue weighted by Crippen LogP contribution is 2.18. The summed E-state index contributed by atoms with van der Waals surface area (Å²) in [6.07, 6.45) is 6.85. The van der Waals surface area contributed by atoms with E-state index in [9.17, 15) is 0 Å². The van der Waals surface area contributed by atoms with Crippen LogP contribution in [0.5, 0.6) is 0 Å². The van der Waals surface area contributed by atoms with E-state index < -0.39 is 0 Å². The van der Waals surface area contributed by atoms with E-state index in [0.717, 1.165) is 22.8 Å². The van der Waals surface area contributed by atoms with Gasteiger partial charge in [-0.25, -0.2) is 24.9 Å². The fraction of sp³-hybridized carbons (Fsp3) is 0. The summed E-state index contributed by atoms with van der Waals surface area (Å²) < 4.78 is 0. The third-order valence-electron chi connectivity index (χ3n) is 4.77. The number of hydrogen-bond donors (Lipinski definition) is 0.